The smallest absolute Gasteiger partial charge is 0.297 e. The van der Waals surface area contributed by atoms with Gasteiger partial charge in [-0.25, -0.2) is 4.98 Å². The monoisotopic (exact) mass is 321 g/mol. The molecule has 0 saturated carbocycles. The molecule has 3 aromatic rings. The van der Waals surface area contributed by atoms with Gasteiger partial charge in [0.25, 0.3) is 5.56 Å². The van der Waals surface area contributed by atoms with Gasteiger partial charge in [-0.05, 0) is 24.1 Å². The van der Waals surface area contributed by atoms with Gasteiger partial charge in [0.1, 0.15) is 0 Å². The van der Waals surface area contributed by atoms with E-state index in [0.29, 0.717) is 12.5 Å². The molecule has 24 heavy (non-hydrogen) atoms. The number of para-hydroxylation sites is 1. The quantitative estimate of drug-likeness (QED) is 0.783. The summed E-state index contributed by atoms with van der Waals surface area (Å²) in [5, 5.41) is 3.25. The lowest BCUT2D eigenvalue weighted by Gasteiger charge is -2.15. The van der Waals surface area contributed by atoms with E-state index in [1.807, 2.05) is 61.5 Å². The maximum absolute atomic E-state index is 12.7. The van der Waals surface area contributed by atoms with E-state index in [0.717, 1.165) is 16.8 Å². The van der Waals surface area contributed by atoms with Crippen molar-refractivity contribution < 1.29 is 4.74 Å². The molecule has 3 rings (SSSR count). The molecule has 1 heterocycles. The Kier molecular flexibility index (Phi) is 4.61. The zero-order valence-electron chi connectivity index (χ0n) is 13.7. The summed E-state index contributed by atoms with van der Waals surface area (Å²) in [6, 6.07) is 17.7. The number of aryl methyl sites for hydroxylation is 1. The Morgan fingerprint density at radius 3 is 2.50 bits per heavy atom. The standard InChI is InChI=1S/C19H19N3O2/c1-14-8-6-7-11-16(14)21-19-20-12-17(24-2)18(23)22(19)13-15-9-4-3-5-10-15/h3-12H,13H2,1-2H3,(H,20,21). The van der Waals surface area contributed by atoms with Crippen molar-refractivity contribution in [1.82, 2.24) is 9.55 Å². The van der Waals surface area contributed by atoms with Gasteiger partial charge in [-0.1, -0.05) is 48.5 Å². The maximum Gasteiger partial charge on any atom is 0.297 e. The van der Waals surface area contributed by atoms with Gasteiger partial charge in [-0.15, -0.1) is 0 Å². The van der Waals surface area contributed by atoms with Gasteiger partial charge < -0.3 is 10.1 Å². The number of aromatic nitrogens is 2. The van der Waals surface area contributed by atoms with Gasteiger partial charge in [0, 0.05) is 5.69 Å². The summed E-state index contributed by atoms with van der Waals surface area (Å²) in [6.45, 7) is 2.42. The first kappa shape index (κ1) is 15.8. The first-order valence-electron chi connectivity index (χ1n) is 7.69. The van der Waals surface area contributed by atoms with E-state index in [-0.39, 0.29) is 11.3 Å². The van der Waals surface area contributed by atoms with E-state index in [2.05, 4.69) is 10.3 Å². The van der Waals surface area contributed by atoms with Gasteiger partial charge >= 0.3 is 0 Å². The van der Waals surface area contributed by atoms with Gasteiger partial charge in [0.15, 0.2) is 0 Å². The predicted molar refractivity (Wildman–Crippen MR) is 95.1 cm³/mol. The Morgan fingerprint density at radius 1 is 1.08 bits per heavy atom. The minimum atomic E-state index is -0.215. The molecule has 122 valence electrons. The number of ether oxygens (including phenoxy) is 1. The van der Waals surface area contributed by atoms with Crippen molar-refractivity contribution in [3.8, 4) is 5.75 Å². The van der Waals surface area contributed by atoms with Gasteiger partial charge in [0.2, 0.25) is 11.7 Å². The first-order valence-corrected chi connectivity index (χ1v) is 7.69. The topological polar surface area (TPSA) is 56.1 Å². The van der Waals surface area contributed by atoms with Crippen LogP contribution in [0, 0.1) is 6.92 Å². The molecule has 0 aliphatic heterocycles. The van der Waals surface area contributed by atoms with Crippen LogP contribution in [0.2, 0.25) is 0 Å². The third-order valence-corrected chi connectivity index (χ3v) is 3.81. The fourth-order valence-electron chi connectivity index (χ4n) is 2.46. The van der Waals surface area contributed by atoms with E-state index in [9.17, 15) is 4.79 Å². The number of benzene rings is 2. The Hall–Kier alpha value is -3.08. The van der Waals surface area contributed by atoms with Crippen LogP contribution in [0.5, 0.6) is 5.75 Å². The van der Waals surface area contributed by atoms with Crippen LogP contribution in [-0.4, -0.2) is 16.7 Å². The van der Waals surface area contributed by atoms with Crippen molar-refractivity contribution in [2.75, 3.05) is 12.4 Å². The minimum Gasteiger partial charge on any atom is -0.490 e. The number of methoxy groups -OCH3 is 1. The molecule has 1 N–H and O–H groups in total. The number of hydrogen-bond acceptors (Lipinski definition) is 4. The molecule has 0 fully saturated rings. The molecule has 1 aromatic heterocycles. The van der Waals surface area contributed by atoms with Crippen molar-refractivity contribution in [3.63, 3.8) is 0 Å². The number of nitrogens with one attached hydrogen (secondary N) is 1. The molecule has 0 saturated heterocycles. The second-order valence-electron chi connectivity index (χ2n) is 5.47. The average Bonchev–Trinajstić information content (AvgIpc) is 2.61. The Bertz CT molecular complexity index is 889. The maximum atomic E-state index is 12.7. The summed E-state index contributed by atoms with van der Waals surface area (Å²) in [7, 11) is 1.47. The number of anilines is 2. The molecule has 0 radical (unpaired) electrons. The van der Waals surface area contributed by atoms with Gasteiger partial charge in [0.05, 0.1) is 19.9 Å². The van der Waals surface area contributed by atoms with Crippen LogP contribution in [0.1, 0.15) is 11.1 Å². The molecule has 2 aromatic carbocycles. The fourth-order valence-corrected chi connectivity index (χ4v) is 2.46. The molecule has 0 spiro atoms. The van der Waals surface area contributed by atoms with Gasteiger partial charge in [-0.3, -0.25) is 9.36 Å². The summed E-state index contributed by atoms with van der Waals surface area (Å²) >= 11 is 0. The summed E-state index contributed by atoms with van der Waals surface area (Å²) in [6.07, 6.45) is 1.45. The fraction of sp³-hybridized carbons (Fsp3) is 0.158. The zero-order valence-corrected chi connectivity index (χ0v) is 13.7. The first-order chi connectivity index (χ1) is 11.7. The second kappa shape index (κ2) is 7.00. The third kappa shape index (κ3) is 3.30. The summed E-state index contributed by atoms with van der Waals surface area (Å²) < 4.78 is 6.71. The largest absolute Gasteiger partial charge is 0.490 e. The molecule has 5 nitrogen and oxygen atoms in total. The normalized spacial score (nSPS) is 10.4. The summed E-state index contributed by atoms with van der Waals surface area (Å²) in [5.74, 6) is 0.709. The van der Waals surface area contributed by atoms with Gasteiger partial charge in [-0.2, -0.15) is 0 Å². The molecule has 0 aliphatic carbocycles. The van der Waals surface area contributed by atoms with Crippen LogP contribution in [-0.2, 0) is 6.54 Å². The van der Waals surface area contributed by atoms with Crippen LogP contribution in [0.3, 0.4) is 0 Å². The molecule has 0 amide bonds. The molecule has 5 heteroatoms. The van der Waals surface area contributed by atoms with Crippen molar-refractivity contribution in [3.05, 3.63) is 82.3 Å². The van der Waals surface area contributed by atoms with Crippen LogP contribution in [0.15, 0.2) is 65.6 Å². The average molecular weight is 321 g/mol. The lowest BCUT2D eigenvalue weighted by Crippen LogP contribution is -2.25. The highest BCUT2D eigenvalue weighted by atomic mass is 16.5. The lowest BCUT2D eigenvalue weighted by atomic mass is 10.2. The van der Waals surface area contributed by atoms with Crippen LogP contribution < -0.4 is 15.6 Å². The Labute approximate surface area is 140 Å². The van der Waals surface area contributed by atoms with Crippen LogP contribution in [0.4, 0.5) is 11.6 Å². The van der Waals surface area contributed by atoms with Crippen molar-refractivity contribution in [2.24, 2.45) is 0 Å². The molecular formula is C19H19N3O2. The predicted octanol–water partition coefficient (Wildman–Crippen LogP) is 3.35. The van der Waals surface area contributed by atoms with Crippen LogP contribution in [0.25, 0.3) is 0 Å². The third-order valence-electron chi connectivity index (χ3n) is 3.81. The molecule has 0 unspecified atom stereocenters. The van der Waals surface area contributed by atoms with Crippen molar-refractivity contribution in [2.45, 2.75) is 13.5 Å². The SMILES string of the molecule is COc1cnc(Nc2ccccc2C)n(Cc2ccccc2)c1=O. The molecule has 0 atom stereocenters. The highest BCUT2D eigenvalue weighted by Crippen LogP contribution is 2.19. The summed E-state index contributed by atoms with van der Waals surface area (Å²) in [5.41, 5.74) is 2.79. The van der Waals surface area contributed by atoms with E-state index in [1.165, 1.54) is 13.3 Å². The van der Waals surface area contributed by atoms with E-state index < -0.39 is 0 Å². The van der Waals surface area contributed by atoms with E-state index >= 15 is 0 Å². The van der Waals surface area contributed by atoms with Crippen molar-refractivity contribution >= 4 is 11.6 Å². The summed E-state index contributed by atoms with van der Waals surface area (Å²) in [4.78, 5) is 17.0. The molecule has 0 bridgehead atoms. The van der Waals surface area contributed by atoms with E-state index in [4.69, 9.17) is 4.74 Å². The number of rotatable bonds is 5. The van der Waals surface area contributed by atoms with E-state index in [1.54, 1.807) is 4.57 Å². The van der Waals surface area contributed by atoms with Crippen molar-refractivity contribution in [1.29, 1.82) is 0 Å². The molecular weight excluding hydrogens is 302 g/mol. The zero-order chi connectivity index (χ0) is 16.9. The number of nitrogens with zero attached hydrogens (tertiary/aromatic N) is 2. The Morgan fingerprint density at radius 2 is 1.79 bits per heavy atom. The molecule has 0 aliphatic rings. The highest BCUT2D eigenvalue weighted by molar-refractivity contribution is 5.58. The highest BCUT2D eigenvalue weighted by Gasteiger charge is 2.12. The Balaban J connectivity index is 2.04. The number of hydrogen-bond donors (Lipinski definition) is 1. The lowest BCUT2D eigenvalue weighted by molar-refractivity contribution is 0.401. The second-order valence-corrected chi connectivity index (χ2v) is 5.47. The minimum absolute atomic E-state index is 0.215. The van der Waals surface area contributed by atoms with Crippen LogP contribution >= 0.6 is 0 Å².